The minimum Gasteiger partial charge on any atom is -0.478 e. The molecule has 0 aliphatic heterocycles. The quantitative estimate of drug-likeness (QED) is 0.652. The molecule has 2 nitrogen and oxygen atoms in total. The van der Waals surface area contributed by atoms with Crippen LogP contribution in [0.1, 0.15) is 16.7 Å². The van der Waals surface area contributed by atoms with Gasteiger partial charge in [-0.2, -0.15) is 0 Å². The van der Waals surface area contributed by atoms with Gasteiger partial charge < -0.3 is 5.11 Å². The minimum atomic E-state index is -0.997. The highest BCUT2D eigenvalue weighted by Gasteiger charge is 2.05. The minimum absolute atomic E-state index is 0.258. The number of rotatable bonds is 4. The van der Waals surface area contributed by atoms with Crippen LogP contribution in [0.15, 0.2) is 60.7 Å². The first-order valence-corrected chi connectivity index (χ1v) is 7.77. The third-order valence-electron chi connectivity index (χ3n) is 3.77. The van der Waals surface area contributed by atoms with E-state index in [0.717, 1.165) is 33.5 Å². The first kappa shape index (κ1) is 16.2. The van der Waals surface area contributed by atoms with E-state index >= 15 is 0 Å². The number of hydrogen-bond donors (Lipinski definition) is 1. The van der Waals surface area contributed by atoms with Crippen molar-refractivity contribution in [1.82, 2.24) is 0 Å². The van der Waals surface area contributed by atoms with Gasteiger partial charge in [-0.1, -0.05) is 41.9 Å². The van der Waals surface area contributed by atoms with Crippen LogP contribution in [0.2, 0.25) is 5.02 Å². The molecule has 3 aromatic rings. The van der Waals surface area contributed by atoms with Gasteiger partial charge in [0.2, 0.25) is 0 Å². The number of fused-ring (bicyclic) bond motifs is 1. The Bertz CT molecular complexity index is 948. The topological polar surface area (TPSA) is 37.3 Å². The lowest BCUT2D eigenvalue weighted by molar-refractivity contribution is -0.131. The molecular weight excluding hydrogens is 327 g/mol. The molecule has 0 bridgehead atoms. The van der Waals surface area contributed by atoms with Gasteiger partial charge in [-0.3, -0.25) is 0 Å². The van der Waals surface area contributed by atoms with Crippen LogP contribution in [0.25, 0.3) is 16.8 Å². The van der Waals surface area contributed by atoms with E-state index in [4.69, 9.17) is 16.7 Å². The zero-order chi connectivity index (χ0) is 17.1. The maximum absolute atomic E-state index is 13.3. The third kappa shape index (κ3) is 3.81. The van der Waals surface area contributed by atoms with Crippen LogP contribution in [0.4, 0.5) is 4.39 Å². The second kappa shape index (κ2) is 6.85. The largest absolute Gasteiger partial charge is 0.478 e. The monoisotopic (exact) mass is 340 g/mol. The first-order valence-electron chi connectivity index (χ1n) is 7.39. The van der Waals surface area contributed by atoms with Crippen molar-refractivity contribution < 1.29 is 14.3 Å². The molecule has 4 heteroatoms. The smallest absolute Gasteiger partial charge is 0.328 e. The zero-order valence-corrected chi connectivity index (χ0v) is 13.4. The van der Waals surface area contributed by atoms with E-state index in [0.29, 0.717) is 11.4 Å². The Hall–Kier alpha value is -2.65. The molecule has 0 amide bonds. The summed E-state index contributed by atoms with van der Waals surface area (Å²) in [6.07, 6.45) is 3.27. The Morgan fingerprint density at radius 3 is 2.58 bits per heavy atom. The van der Waals surface area contributed by atoms with Crippen LogP contribution < -0.4 is 0 Å². The van der Waals surface area contributed by atoms with E-state index in [1.54, 1.807) is 24.3 Å². The standard InChI is InChI=1S/C20H14ClFO2/c21-18-6-3-14(5-8-20(23)24)17(11-18)10-13-1-2-16-12-19(22)7-4-15(16)9-13/h1-9,11-12H,10H2,(H,23,24). The molecule has 120 valence electrons. The summed E-state index contributed by atoms with van der Waals surface area (Å²) >= 11 is 6.08. The molecule has 0 saturated carbocycles. The first-order chi connectivity index (χ1) is 11.5. The summed E-state index contributed by atoms with van der Waals surface area (Å²) in [5.41, 5.74) is 2.78. The lowest BCUT2D eigenvalue weighted by Gasteiger charge is -2.08. The molecule has 24 heavy (non-hydrogen) atoms. The average Bonchev–Trinajstić information content (AvgIpc) is 2.54. The number of carboxylic acids is 1. The van der Waals surface area contributed by atoms with E-state index in [-0.39, 0.29) is 5.82 Å². The van der Waals surface area contributed by atoms with Gasteiger partial charge >= 0.3 is 5.97 Å². The van der Waals surface area contributed by atoms with Gasteiger partial charge in [-0.15, -0.1) is 0 Å². The maximum Gasteiger partial charge on any atom is 0.328 e. The molecule has 1 N–H and O–H groups in total. The summed E-state index contributed by atoms with van der Waals surface area (Å²) in [6, 6.07) is 15.9. The van der Waals surface area contributed by atoms with E-state index in [1.807, 2.05) is 24.3 Å². The summed E-state index contributed by atoms with van der Waals surface area (Å²) in [5.74, 6) is -1.25. The van der Waals surface area contributed by atoms with Gasteiger partial charge in [0.1, 0.15) is 5.82 Å². The van der Waals surface area contributed by atoms with Gasteiger partial charge in [-0.25, -0.2) is 9.18 Å². The fourth-order valence-corrected chi connectivity index (χ4v) is 2.84. The van der Waals surface area contributed by atoms with Gasteiger partial charge in [0.15, 0.2) is 0 Å². The molecule has 0 aromatic heterocycles. The molecule has 3 rings (SSSR count). The summed E-state index contributed by atoms with van der Waals surface area (Å²) in [4.78, 5) is 10.7. The summed E-state index contributed by atoms with van der Waals surface area (Å²) in [6.45, 7) is 0. The molecule has 0 saturated heterocycles. The molecule has 0 atom stereocenters. The van der Waals surface area contributed by atoms with Crippen LogP contribution >= 0.6 is 11.6 Å². The van der Waals surface area contributed by atoms with Crippen LogP contribution in [0, 0.1) is 5.82 Å². The summed E-state index contributed by atoms with van der Waals surface area (Å²) in [7, 11) is 0. The molecule has 0 radical (unpaired) electrons. The van der Waals surface area contributed by atoms with Crippen molar-refractivity contribution in [2.75, 3.05) is 0 Å². The number of carbonyl (C=O) groups is 1. The number of hydrogen-bond acceptors (Lipinski definition) is 1. The van der Waals surface area contributed by atoms with E-state index in [1.165, 1.54) is 12.1 Å². The number of halogens is 2. The van der Waals surface area contributed by atoms with Crippen molar-refractivity contribution >= 4 is 34.4 Å². The summed E-state index contributed by atoms with van der Waals surface area (Å²) in [5, 5.41) is 11.2. The van der Waals surface area contributed by atoms with Crippen LogP contribution in [-0.4, -0.2) is 11.1 Å². The van der Waals surface area contributed by atoms with Crippen molar-refractivity contribution in [3.05, 3.63) is 88.2 Å². The molecule has 0 unspecified atom stereocenters. The Labute approximate surface area is 143 Å². The van der Waals surface area contributed by atoms with Crippen molar-refractivity contribution in [3.8, 4) is 0 Å². The zero-order valence-electron chi connectivity index (χ0n) is 12.7. The molecule has 0 fully saturated rings. The predicted molar refractivity (Wildman–Crippen MR) is 94.8 cm³/mol. The second-order valence-electron chi connectivity index (χ2n) is 5.52. The Balaban J connectivity index is 1.97. The normalized spacial score (nSPS) is 11.2. The predicted octanol–water partition coefficient (Wildman–Crippen LogP) is 5.32. The van der Waals surface area contributed by atoms with Crippen molar-refractivity contribution in [1.29, 1.82) is 0 Å². The van der Waals surface area contributed by atoms with E-state index < -0.39 is 5.97 Å². The Morgan fingerprint density at radius 1 is 1.04 bits per heavy atom. The molecule has 0 heterocycles. The Kier molecular flexibility index (Phi) is 4.63. The van der Waals surface area contributed by atoms with E-state index in [2.05, 4.69) is 0 Å². The SMILES string of the molecule is O=C(O)C=Cc1ccc(Cl)cc1Cc1ccc2cc(F)ccc2c1. The fourth-order valence-electron chi connectivity index (χ4n) is 2.65. The molecule has 3 aromatic carbocycles. The molecule has 0 spiro atoms. The Morgan fingerprint density at radius 2 is 1.79 bits per heavy atom. The van der Waals surface area contributed by atoms with Crippen LogP contribution in [0.3, 0.4) is 0 Å². The average molecular weight is 341 g/mol. The lowest BCUT2D eigenvalue weighted by Crippen LogP contribution is -1.94. The van der Waals surface area contributed by atoms with Crippen LogP contribution in [-0.2, 0) is 11.2 Å². The molecule has 0 aliphatic rings. The van der Waals surface area contributed by atoms with Gasteiger partial charge in [0.05, 0.1) is 0 Å². The highest BCUT2D eigenvalue weighted by Crippen LogP contribution is 2.23. The number of benzene rings is 3. The number of carboxylic acid groups (broad SMARTS) is 1. The van der Waals surface area contributed by atoms with E-state index in [9.17, 15) is 9.18 Å². The second-order valence-corrected chi connectivity index (χ2v) is 5.95. The van der Waals surface area contributed by atoms with Crippen LogP contribution in [0.5, 0.6) is 0 Å². The third-order valence-corrected chi connectivity index (χ3v) is 4.01. The van der Waals surface area contributed by atoms with Crippen molar-refractivity contribution in [3.63, 3.8) is 0 Å². The summed E-state index contributed by atoms with van der Waals surface area (Å²) < 4.78 is 13.3. The van der Waals surface area contributed by atoms with Gasteiger partial charge in [-0.05, 0) is 64.2 Å². The maximum atomic E-state index is 13.3. The van der Waals surface area contributed by atoms with Crippen molar-refractivity contribution in [2.24, 2.45) is 0 Å². The van der Waals surface area contributed by atoms with Gasteiger partial charge in [0, 0.05) is 11.1 Å². The fraction of sp³-hybridized carbons (Fsp3) is 0.0500. The molecule has 0 aliphatic carbocycles. The number of aliphatic carboxylic acids is 1. The highest BCUT2D eigenvalue weighted by molar-refractivity contribution is 6.30. The highest BCUT2D eigenvalue weighted by atomic mass is 35.5. The lowest BCUT2D eigenvalue weighted by atomic mass is 9.97. The van der Waals surface area contributed by atoms with Crippen molar-refractivity contribution in [2.45, 2.75) is 6.42 Å². The molecular formula is C20H14ClFO2. The van der Waals surface area contributed by atoms with Gasteiger partial charge in [0.25, 0.3) is 0 Å².